The van der Waals surface area contributed by atoms with E-state index in [1.54, 1.807) is 44.2 Å². The molecule has 1 N–H and O–H groups in total. The molecule has 0 aliphatic heterocycles. The second-order valence-electron chi connectivity index (χ2n) is 5.71. The molecule has 0 radical (unpaired) electrons. The molecule has 1 unspecified atom stereocenters. The molecule has 27 heavy (non-hydrogen) atoms. The maximum Gasteiger partial charge on any atom is 0.263 e. The van der Waals surface area contributed by atoms with Crippen molar-refractivity contribution < 1.29 is 14.3 Å². The lowest BCUT2D eigenvalue weighted by atomic mass is 10.3. The number of likely N-dealkylation sites (N-methyl/N-ethyl adjacent to an activating group) is 1. The van der Waals surface area contributed by atoms with Gasteiger partial charge in [-0.3, -0.25) is 9.59 Å². The number of hydrogen-bond donors (Lipinski definition) is 1. The summed E-state index contributed by atoms with van der Waals surface area (Å²) in [6.07, 6.45) is -0.733. The van der Waals surface area contributed by atoms with Gasteiger partial charge in [-0.2, -0.15) is 0 Å². The lowest BCUT2D eigenvalue weighted by molar-refractivity contribution is -0.140. The predicted molar refractivity (Wildman–Crippen MR) is 112 cm³/mol. The number of para-hydroxylation sites is 1. The fourth-order valence-electron chi connectivity index (χ4n) is 2.34. The lowest BCUT2D eigenvalue weighted by Gasteiger charge is -2.24. The summed E-state index contributed by atoms with van der Waals surface area (Å²) in [6, 6.07) is 12.1. The normalized spacial score (nSPS) is 11.6. The summed E-state index contributed by atoms with van der Waals surface area (Å²) < 4.78 is 6.58. The Labute approximate surface area is 176 Å². The molecule has 0 saturated heterocycles. The van der Waals surface area contributed by atoms with Crippen LogP contribution in [-0.4, -0.2) is 35.9 Å². The first-order valence-electron chi connectivity index (χ1n) is 8.26. The van der Waals surface area contributed by atoms with Crippen LogP contribution in [0.5, 0.6) is 5.75 Å². The van der Waals surface area contributed by atoms with E-state index in [1.807, 2.05) is 12.1 Å². The number of anilines is 1. The molecule has 144 valence electrons. The molecule has 0 fully saturated rings. The highest BCUT2D eigenvalue weighted by molar-refractivity contribution is 9.10. The van der Waals surface area contributed by atoms with Crippen molar-refractivity contribution in [1.29, 1.82) is 0 Å². The smallest absolute Gasteiger partial charge is 0.263 e. The van der Waals surface area contributed by atoms with Gasteiger partial charge in [-0.05, 0) is 50.2 Å². The van der Waals surface area contributed by atoms with Crippen molar-refractivity contribution in [3.8, 4) is 5.75 Å². The minimum absolute atomic E-state index is 0.134. The van der Waals surface area contributed by atoms with E-state index in [9.17, 15) is 9.59 Å². The van der Waals surface area contributed by atoms with Gasteiger partial charge in [-0.15, -0.1) is 0 Å². The van der Waals surface area contributed by atoms with Gasteiger partial charge >= 0.3 is 0 Å². The fraction of sp³-hybridized carbons (Fsp3) is 0.263. The maximum absolute atomic E-state index is 12.6. The van der Waals surface area contributed by atoms with Crippen molar-refractivity contribution in [1.82, 2.24) is 4.90 Å². The second kappa shape index (κ2) is 9.97. The van der Waals surface area contributed by atoms with Crippen LogP contribution < -0.4 is 10.1 Å². The summed E-state index contributed by atoms with van der Waals surface area (Å²) in [5.41, 5.74) is 0.327. The number of rotatable bonds is 7. The van der Waals surface area contributed by atoms with Crippen molar-refractivity contribution in [2.45, 2.75) is 20.0 Å². The van der Waals surface area contributed by atoms with Crippen LogP contribution in [0.2, 0.25) is 10.0 Å². The van der Waals surface area contributed by atoms with Crippen LogP contribution in [0.3, 0.4) is 0 Å². The van der Waals surface area contributed by atoms with Crippen LogP contribution in [0, 0.1) is 0 Å². The standard InChI is InChI=1S/C19H19BrCl2N2O3/c1-3-24(11-17(25)23-18-15(21)5-4-6-16(18)22)19(26)12(2)27-14-9-7-13(20)8-10-14/h4-10,12H,3,11H2,1-2H3,(H,23,25). The van der Waals surface area contributed by atoms with E-state index >= 15 is 0 Å². The molecule has 0 bridgehead atoms. The van der Waals surface area contributed by atoms with Gasteiger partial charge in [-0.1, -0.05) is 45.2 Å². The highest BCUT2D eigenvalue weighted by atomic mass is 79.9. The van der Waals surface area contributed by atoms with E-state index in [1.165, 1.54) is 4.90 Å². The molecule has 2 aromatic carbocycles. The third-order valence-corrected chi connectivity index (χ3v) is 4.89. The molecule has 0 aliphatic carbocycles. The number of nitrogens with one attached hydrogen (secondary N) is 1. The van der Waals surface area contributed by atoms with Crippen molar-refractivity contribution >= 4 is 56.6 Å². The lowest BCUT2D eigenvalue weighted by Crippen LogP contribution is -2.44. The Balaban J connectivity index is 1.99. The van der Waals surface area contributed by atoms with Gasteiger partial charge in [0.05, 0.1) is 22.3 Å². The summed E-state index contributed by atoms with van der Waals surface area (Å²) >= 11 is 15.5. The summed E-state index contributed by atoms with van der Waals surface area (Å²) in [7, 11) is 0. The van der Waals surface area contributed by atoms with Gasteiger partial charge in [0.1, 0.15) is 5.75 Å². The first kappa shape index (κ1) is 21.5. The van der Waals surface area contributed by atoms with Gasteiger partial charge in [0.2, 0.25) is 5.91 Å². The minimum atomic E-state index is -0.733. The Morgan fingerprint density at radius 1 is 1.15 bits per heavy atom. The van der Waals surface area contributed by atoms with Gasteiger partial charge in [0.25, 0.3) is 5.91 Å². The molecule has 2 rings (SSSR count). The Morgan fingerprint density at radius 2 is 1.74 bits per heavy atom. The molecule has 0 aliphatic rings. The quantitative estimate of drug-likeness (QED) is 0.614. The fourth-order valence-corrected chi connectivity index (χ4v) is 3.10. The Hall–Kier alpha value is -1.76. The second-order valence-corrected chi connectivity index (χ2v) is 7.44. The Kier molecular flexibility index (Phi) is 7.95. The predicted octanol–water partition coefficient (Wildman–Crippen LogP) is 5.01. The number of benzene rings is 2. The summed E-state index contributed by atoms with van der Waals surface area (Å²) in [6.45, 7) is 3.66. The summed E-state index contributed by atoms with van der Waals surface area (Å²) in [5, 5.41) is 3.31. The zero-order valence-corrected chi connectivity index (χ0v) is 17.9. The largest absolute Gasteiger partial charge is 0.481 e. The van der Waals surface area contributed by atoms with Gasteiger partial charge in [-0.25, -0.2) is 0 Å². The van der Waals surface area contributed by atoms with Crippen molar-refractivity contribution in [3.05, 3.63) is 57.0 Å². The van der Waals surface area contributed by atoms with Gasteiger partial charge in [0.15, 0.2) is 6.10 Å². The highest BCUT2D eigenvalue weighted by Gasteiger charge is 2.23. The number of amides is 2. The number of carbonyl (C=O) groups excluding carboxylic acids is 2. The van der Waals surface area contributed by atoms with Crippen molar-refractivity contribution in [2.24, 2.45) is 0 Å². The molecular formula is C19H19BrCl2N2O3. The molecule has 0 heterocycles. The molecule has 0 aromatic heterocycles. The van der Waals surface area contributed by atoms with Crippen LogP contribution >= 0.6 is 39.1 Å². The third kappa shape index (κ3) is 6.13. The molecule has 5 nitrogen and oxygen atoms in total. The topological polar surface area (TPSA) is 58.6 Å². The van der Waals surface area contributed by atoms with E-state index in [4.69, 9.17) is 27.9 Å². The molecule has 2 aromatic rings. The van der Waals surface area contributed by atoms with Gasteiger partial charge in [0, 0.05) is 11.0 Å². The molecule has 2 amide bonds. The van der Waals surface area contributed by atoms with Crippen LogP contribution in [0.4, 0.5) is 5.69 Å². The Morgan fingerprint density at radius 3 is 2.30 bits per heavy atom. The highest BCUT2D eigenvalue weighted by Crippen LogP contribution is 2.29. The summed E-state index contributed by atoms with van der Waals surface area (Å²) in [4.78, 5) is 26.4. The van der Waals surface area contributed by atoms with E-state index in [0.717, 1.165) is 4.47 Å². The summed E-state index contributed by atoms with van der Waals surface area (Å²) in [5.74, 6) is -0.112. The monoisotopic (exact) mass is 472 g/mol. The zero-order chi connectivity index (χ0) is 20.0. The van der Waals surface area contributed by atoms with E-state index < -0.39 is 12.0 Å². The number of halogens is 3. The van der Waals surface area contributed by atoms with Crippen LogP contribution in [0.25, 0.3) is 0 Å². The first-order valence-corrected chi connectivity index (χ1v) is 9.81. The maximum atomic E-state index is 12.6. The number of hydrogen-bond acceptors (Lipinski definition) is 3. The number of ether oxygens (including phenoxy) is 1. The number of carbonyl (C=O) groups is 2. The van der Waals surface area contributed by atoms with Crippen molar-refractivity contribution in [2.75, 3.05) is 18.4 Å². The molecule has 1 atom stereocenters. The average Bonchev–Trinajstić information content (AvgIpc) is 2.64. The average molecular weight is 474 g/mol. The molecule has 8 heteroatoms. The van der Waals surface area contributed by atoms with Crippen LogP contribution in [0.15, 0.2) is 46.9 Å². The first-order chi connectivity index (χ1) is 12.8. The minimum Gasteiger partial charge on any atom is -0.481 e. The number of nitrogens with zero attached hydrogens (tertiary/aromatic N) is 1. The molecule has 0 saturated carbocycles. The van der Waals surface area contributed by atoms with Crippen molar-refractivity contribution in [3.63, 3.8) is 0 Å². The van der Waals surface area contributed by atoms with Crippen LogP contribution in [0.1, 0.15) is 13.8 Å². The molecular weight excluding hydrogens is 455 g/mol. The third-order valence-electron chi connectivity index (χ3n) is 3.73. The van der Waals surface area contributed by atoms with E-state index in [-0.39, 0.29) is 12.5 Å². The zero-order valence-electron chi connectivity index (χ0n) is 14.8. The van der Waals surface area contributed by atoms with Crippen LogP contribution in [-0.2, 0) is 9.59 Å². The molecule has 0 spiro atoms. The Bertz CT molecular complexity index is 795. The van der Waals surface area contributed by atoms with E-state index in [2.05, 4.69) is 21.2 Å². The SMILES string of the molecule is CCN(CC(=O)Nc1c(Cl)cccc1Cl)C(=O)C(C)Oc1ccc(Br)cc1. The van der Waals surface area contributed by atoms with Gasteiger partial charge < -0.3 is 15.0 Å². The van der Waals surface area contributed by atoms with E-state index in [0.29, 0.717) is 28.0 Å².